The van der Waals surface area contributed by atoms with Crippen molar-refractivity contribution in [2.75, 3.05) is 25.6 Å². The van der Waals surface area contributed by atoms with Crippen molar-refractivity contribution < 1.29 is 33.3 Å². The molecule has 9 heteroatoms. The maximum Gasteiger partial charge on any atom is 0.265 e. The molecule has 1 N–H and O–H groups in total. The first-order valence-electron chi connectivity index (χ1n) is 12.4. The number of hydrogen-bond acceptors (Lipinski definition) is 7. The first-order valence-corrected chi connectivity index (χ1v) is 12.4. The minimum atomic E-state index is -0.717. The molecule has 196 valence electrons. The van der Waals surface area contributed by atoms with Crippen LogP contribution >= 0.6 is 0 Å². The van der Waals surface area contributed by atoms with Crippen LogP contribution in [0.3, 0.4) is 0 Å². The highest BCUT2D eigenvalue weighted by Crippen LogP contribution is 2.31. The number of carbonyl (C=O) groups is 3. The van der Waals surface area contributed by atoms with Gasteiger partial charge in [0, 0.05) is 12.3 Å². The Balaban J connectivity index is 1.18. The summed E-state index contributed by atoms with van der Waals surface area (Å²) < 4.78 is 22.3. The minimum Gasteiger partial charge on any atom is -0.497 e. The number of anilines is 1. The summed E-state index contributed by atoms with van der Waals surface area (Å²) in [4.78, 5) is 39.4. The summed E-state index contributed by atoms with van der Waals surface area (Å²) >= 11 is 0. The third-order valence-corrected chi connectivity index (χ3v) is 6.45. The van der Waals surface area contributed by atoms with E-state index in [0.717, 1.165) is 12.8 Å². The molecule has 9 nitrogen and oxygen atoms in total. The molecule has 2 atom stereocenters. The number of rotatable bonds is 9. The van der Waals surface area contributed by atoms with E-state index in [9.17, 15) is 14.4 Å². The normalized spacial score (nSPS) is 17.2. The lowest BCUT2D eigenvalue weighted by Gasteiger charge is -2.17. The second kappa shape index (κ2) is 10.9. The fraction of sp³-hybridized carbons (Fsp3) is 0.276. The molecule has 0 aromatic heterocycles. The smallest absolute Gasteiger partial charge is 0.265 e. The lowest BCUT2D eigenvalue weighted by atomic mass is 10.1. The summed E-state index contributed by atoms with van der Waals surface area (Å²) in [6.07, 6.45) is 0.951. The van der Waals surface area contributed by atoms with Crippen molar-refractivity contribution in [1.82, 2.24) is 4.90 Å². The second-order valence-corrected chi connectivity index (χ2v) is 9.11. The van der Waals surface area contributed by atoms with Crippen molar-refractivity contribution in [3.63, 3.8) is 0 Å². The number of amides is 3. The van der Waals surface area contributed by atoms with Crippen LogP contribution in [0.15, 0.2) is 66.7 Å². The lowest BCUT2D eigenvalue weighted by molar-refractivity contribution is -0.122. The van der Waals surface area contributed by atoms with Crippen LogP contribution in [0.4, 0.5) is 5.69 Å². The molecule has 1 saturated heterocycles. The van der Waals surface area contributed by atoms with Crippen LogP contribution in [0.5, 0.6) is 23.0 Å². The van der Waals surface area contributed by atoms with Crippen molar-refractivity contribution in [1.29, 1.82) is 0 Å². The fourth-order valence-corrected chi connectivity index (χ4v) is 4.39. The number of ether oxygens (including phenoxy) is 4. The van der Waals surface area contributed by atoms with Gasteiger partial charge in [0.25, 0.3) is 17.7 Å². The molecule has 3 aromatic carbocycles. The predicted molar refractivity (Wildman–Crippen MR) is 139 cm³/mol. The molecule has 0 radical (unpaired) electrons. The number of hydrogen-bond donors (Lipinski definition) is 1. The van der Waals surface area contributed by atoms with E-state index in [-0.39, 0.29) is 30.4 Å². The Labute approximate surface area is 220 Å². The van der Waals surface area contributed by atoms with Crippen molar-refractivity contribution in [3.8, 4) is 23.0 Å². The summed E-state index contributed by atoms with van der Waals surface area (Å²) in [7, 11) is 1.58. The average Bonchev–Trinajstić information content (AvgIpc) is 3.53. The van der Waals surface area contributed by atoms with E-state index in [0.29, 0.717) is 46.4 Å². The van der Waals surface area contributed by atoms with Crippen molar-refractivity contribution in [3.05, 3.63) is 77.9 Å². The maximum atomic E-state index is 12.9. The van der Waals surface area contributed by atoms with Crippen LogP contribution in [0.2, 0.25) is 0 Å². The number of nitrogens with zero attached hydrogens (tertiary/aromatic N) is 1. The molecule has 0 aliphatic carbocycles. The largest absolute Gasteiger partial charge is 0.497 e. The zero-order valence-corrected chi connectivity index (χ0v) is 21.1. The molecule has 2 aliphatic rings. The maximum absolute atomic E-state index is 12.9. The Kier molecular flexibility index (Phi) is 7.28. The highest BCUT2D eigenvalue weighted by molar-refractivity contribution is 6.21. The third-order valence-electron chi connectivity index (χ3n) is 6.45. The van der Waals surface area contributed by atoms with Gasteiger partial charge in [-0.05, 0) is 86.5 Å². The molecule has 0 saturated carbocycles. The number of nitrogens with one attached hydrogen (secondary N) is 1. The van der Waals surface area contributed by atoms with Crippen LogP contribution in [-0.2, 0) is 9.53 Å². The molecule has 2 aliphatic heterocycles. The van der Waals surface area contributed by atoms with E-state index in [1.54, 1.807) is 80.8 Å². The van der Waals surface area contributed by atoms with Crippen LogP contribution in [0.25, 0.3) is 0 Å². The van der Waals surface area contributed by atoms with Crippen LogP contribution in [-0.4, -0.2) is 55.1 Å². The molecular weight excluding hydrogens is 488 g/mol. The summed E-state index contributed by atoms with van der Waals surface area (Å²) in [5.74, 6) is 1.26. The number of benzene rings is 3. The number of imide groups is 1. The van der Waals surface area contributed by atoms with Crippen molar-refractivity contribution >= 4 is 23.4 Å². The highest BCUT2D eigenvalue weighted by Gasteiger charge is 2.37. The summed E-state index contributed by atoms with van der Waals surface area (Å²) in [6.45, 7) is 2.59. The molecule has 0 spiro atoms. The number of carbonyl (C=O) groups excluding carboxylic acids is 3. The predicted octanol–water partition coefficient (Wildman–Crippen LogP) is 4.67. The van der Waals surface area contributed by atoms with Gasteiger partial charge >= 0.3 is 0 Å². The number of methoxy groups -OCH3 is 1. The SMILES string of the molecule is COc1ccc(OC(C)C(=O)Nc2ccc(Oc3ccc4c(c3)C(=O)N(CC3CCCO3)C4=O)cc2)cc1. The van der Waals surface area contributed by atoms with E-state index in [4.69, 9.17) is 18.9 Å². The number of fused-ring (bicyclic) bond motifs is 1. The van der Waals surface area contributed by atoms with E-state index in [2.05, 4.69) is 5.32 Å². The standard InChI is InChI=1S/C29H28N2O7/c1-18(37-21-11-9-20(35-2)10-12-21)27(32)30-19-5-7-22(8-6-19)38-23-13-14-25-26(16-23)29(34)31(28(25)33)17-24-4-3-15-36-24/h5-14,16,18,24H,3-4,15,17H2,1-2H3,(H,30,32). The van der Waals surface area contributed by atoms with Gasteiger partial charge in [0.15, 0.2) is 6.10 Å². The molecular formula is C29H28N2O7. The zero-order chi connectivity index (χ0) is 26.6. The van der Waals surface area contributed by atoms with E-state index in [1.807, 2.05) is 0 Å². The molecule has 0 bridgehead atoms. The van der Waals surface area contributed by atoms with Crippen LogP contribution in [0.1, 0.15) is 40.5 Å². The van der Waals surface area contributed by atoms with Gasteiger partial charge in [0.2, 0.25) is 0 Å². The Hall–Kier alpha value is -4.37. The lowest BCUT2D eigenvalue weighted by Crippen LogP contribution is -2.36. The van der Waals surface area contributed by atoms with Crippen molar-refractivity contribution in [2.24, 2.45) is 0 Å². The highest BCUT2D eigenvalue weighted by atomic mass is 16.5. The Morgan fingerprint density at radius 2 is 1.61 bits per heavy atom. The second-order valence-electron chi connectivity index (χ2n) is 9.11. The summed E-state index contributed by atoms with van der Waals surface area (Å²) in [5, 5.41) is 2.81. The van der Waals surface area contributed by atoms with E-state index < -0.39 is 6.10 Å². The molecule has 2 unspecified atom stereocenters. The van der Waals surface area contributed by atoms with Gasteiger partial charge in [0.05, 0.1) is 30.9 Å². The minimum absolute atomic E-state index is 0.107. The third kappa shape index (κ3) is 5.47. The summed E-state index contributed by atoms with van der Waals surface area (Å²) in [6, 6.07) is 18.7. The molecule has 5 rings (SSSR count). The van der Waals surface area contributed by atoms with Crippen LogP contribution < -0.4 is 19.5 Å². The molecule has 1 fully saturated rings. The van der Waals surface area contributed by atoms with E-state index in [1.165, 1.54) is 4.90 Å². The Morgan fingerprint density at radius 3 is 2.29 bits per heavy atom. The molecule has 38 heavy (non-hydrogen) atoms. The summed E-state index contributed by atoms with van der Waals surface area (Å²) in [5.41, 5.74) is 1.26. The van der Waals surface area contributed by atoms with Gasteiger partial charge in [0.1, 0.15) is 23.0 Å². The van der Waals surface area contributed by atoms with Gasteiger partial charge in [-0.3, -0.25) is 19.3 Å². The first kappa shape index (κ1) is 25.3. The Morgan fingerprint density at radius 1 is 0.947 bits per heavy atom. The van der Waals surface area contributed by atoms with Gasteiger partial charge in [-0.15, -0.1) is 0 Å². The van der Waals surface area contributed by atoms with E-state index >= 15 is 0 Å². The quantitative estimate of drug-likeness (QED) is 0.412. The van der Waals surface area contributed by atoms with Gasteiger partial charge < -0.3 is 24.3 Å². The molecule has 3 amide bonds. The monoisotopic (exact) mass is 516 g/mol. The van der Waals surface area contributed by atoms with Gasteiger partial charge in [-0.2, -0.15) is 0 Å². The van der Waals surface area contributed by atoms with Gasteiger partial charge in [-0.25, -0.2) is 0 Å². The van der Waals surface area contributed by atoms with Crippen molar-refractivity contribution in [2.45, 2.75) is 32.0 Å². The molecule has 3 aromatic rings. The molecule has 2 heterocycles. The Bertz CT molecular complexity index is 1330. The van der Waals surface area contributed by atoms with Gasteiger partial charge in [-0.1, -0.05) is 0 Å². The van der Waals surface area contributed by atoms with Crippen LogP contribution in [0, 0.1) is 0 Å². The zero-order valence-electron chi connectivity index (χ0n) is 21.1. The average molecular weight is 517 g/mol. The fourth-order valence-electron chi connectivity index (χ4n) is 4.39. The first-order chi connectivity index (χ1) is 18.4. The topological polar surface area (TPSA) is 103 Å².